The molecule has 0 radical (unpaired) electrons. The molecule has 0 saturated heterocycles. The molecule has 0 aliphatic heterocycles. The Bertz CT molecular complexity index is 883. The quantitative estimate of drug-likeness (QED) is 0.449. The average Bonchev–Trinajstić information content (AvgIpc) is 2.46. The molecular weight excluding hydrogens is 296 g/mol. The smallest absolute Gasteiger partial charge is 0.206 e. The van der Waals surface area contributed by atoms with Gasteiger partial charge in [-0.3, -0.25) is 9.59 Å². The van der Waals surface area contributed by atoms with Gasteiger partial charge < -0.3 is 5.11 Å². The van der Waals surface area contributed by atoms with Crippen LogP contribution in [0.2, 0.25) is 0 Å². The van der Waals surface area contributed by atoms with Gasteiger partial charge in [0.1, 0.15) is 0 Å². The second-order valence-corrected chi connectivity index (χ2v) is 5.84. The summed E-state index contributed by atoms with van der Waals surface area (Å²) in [6.07, 6.45) is 0. The van der Waals surface area contributed by atoms with E-state index in [1.165, 1.54) is 17.4 Å². The second-order valence-electron chi connectivity index (χ2n) is 4.34. The lowest BCUT2D eigenvalue weighted by Crippen LogP contribution is -2.14. The number of aliphatic hydroxyl groups excluding tert-OH is 1. The minimum absolute atomic E-state index is 0.118. The van der Waals surface area contributed by atoms with Crippen molar-refractivity contribution in [1.29, 1.82) is 0 Å². The number of aliphatic hydroxyl groups is 1. The molecule has 0 amide bonds. The second kappa shape index (κ2) is 4.98. The van der Waals surface area contributed by atoms with E-state index >= 15 is 0 Å². The third-order valence-electron chi connectivity index (χ3n) is 3.08. The Labute approximate surface area is 123 Å². The van der Waals surface area contributed by atoms with Crippen LogP contribution in [0.25, 0.3) is 20.2 Å². The number of hydrogen-bond acceptors (Lipinski definition) is 4. The highest BCUT2D eigenvalue weighted by molar-refractivity contribution is 7.24. The summed E-state index contributed by atoms with van der Waals surface area (Å²) in [4.78, 5) is 24.1. The lowest BCUT2D eigenvalue weighted by Gasteiger charge is -2.04. The van der Waals surface area contributed by atoms with Gasteiger partial charge in [0.25, 0.3) is 0 Å². The molecule has 2 aromatic carbocycles. The van der Waals surface area contributed by atoms with Crippen LogP contribution in [0.3, 0.4) is 0 Å². The Morgan fingerprint density at radius 2 is 1.80 bits per heavy atom. The highest BCUT2D eigenvalue weighted by atomic mass is 35.5. The van der Waals surface area contributed by atoms with E-state index in [4.69, 9.17) is 16.7 Å². The largest absolute Gasteiger partial charge is 0.371 e. The first kappa shape index (κ1) is 13.2. The molecule has 0 aliphatic carbocycles. The Hall–Kier alpha value is -1.75. The van der Waals surface area contributed by atoms with E-state index in [1.807, 2.05) is 12.1 Å². The van der Waals surface area contributed by atoms with Crippen molar-refractivity contribution >= 4 is 48.9 Å². The van der Waals surface area contributed by atoms with Crippen molar-refractivity contribution in [3.05, 3.63) is 58.3 Å². The lowest BCUT2D eigenvalue weighted by atomic mass is 10.1. The van der Waals surface area contributed by atoms with Gasteiger partial charge in [-0.25, -0.2) is 0 Å². The number of benzene rings is 2. The molecule has 0 bridgehead atoms. The van der Waals surface area contributed by atoms with Crippen LogP contribution in [0.4, 0.5) is 0 Å². The van der Waals surface area contributed by atoms with Gasteiger partial charge in [0.15, 0.2) is 11.0 Å². The number of fused-ring (bicyclic) bond motifs is 2. The third kappa shape index (κ3) is 2.12. The number of carbonyl (C=O) groups is 1. The van der Waals surface area contributed by atoms with Crippen molar-refractivity contribution in [2.45, 2.75) is 5.56 Å². The predicted octanol–water partition coefficient (Wildman–Crippen LogP) is 3.15. The maximum absolute atomic E-state index is 12.4. The molecule has 5 heteroatoms. The summed E-state index contributed by atoms with van der Waals surface area (Å²) in [6.45, 7) is 0. The number of hydrogen-bond donors (Lipinski definition) is 1. The maximum atomic E-state index is 12.4. The summed E-state index contributed by atoms with van der Waals surface area (Å²) in [5.74, 6) is -0.605. The van der Waals surface area contributed by atoms with E-state index in [1.54, 1.807) is 24.3 Å². The van der Waals surface area contributed by atoms with Crippen molar-refractivity contribution in [2.75, 3.05) is 0 Å². The van der Waals surface area contributed by atoms with Crippen LogP contribution in [-0.4, -0.2) is 16.5 Å². The van der Waals surface area contributed by atoms with Gasteiger partial charge in [-0.15, -0.1) is 11.3 Å². The summed E-state index contributed by atoms with van der Waals surface area (Å²) in [5, 5.41) is 10.2. The molecule has 1 aromatic heterocycles. The topological polar surface area (TPSA) is 54.4 Å². The number of halogens is 1. The van der Waals surface area contributed by atoms with Crippen molar-refractivity contribution < 1.29 is 9.90 Å². The van der Waals surface area contributed by atoms with E-state index in [0.29, 0.717) is 10.8 Å². The van der Waals surface area contributed by atoms with Gasteiger partial charge in [0.2, 0.25) is 5.78 Å². The normalized spacial score (nSPS) is 12.7. The maximum Gasteiger partial charge on any atom is 0.206 e. The molecule has 1 atom stereocenters. The Balaban J connectivity index is 2.34. The zero-order valence-corrected chi connectivity index (χ0v) is 11.7. The fourth-order valence-corrected chi connectivity index (χ4v) is 3.27. The molecule has 0 aliphatic rings. The van der Waals surface area contributed by atoms with Gasteiger partial charge in [0.05, 0.1) is 0 Å². The van der Waals surface area contributed by atoms with Gasteiger partial charge in [-0.2, -0.15) is 0 Å². The molecule has 0 saturated carbocycles. The van der Waals surface area contributed by atoms with Gasteiger partial charge in [-0.05, 0) is 30.3 Å². The first-order chi connectivity index (χ1) is 9.58. The lowest BCUT2D eigenvalue weighted by molar-refractivity contribution is 0.0860. The van der Waals surface area contributed by atoms with Crippen LogP contribution >= 0.6 is 22.9 Å². The van der Waals surface area contributed by atoms with Crippen LogP contribution < -0.4 is 5.43 Å². The number of carbonyl (C=O) groups excluding carboxylic acids is 1. The Morgan fingerprint density at radius 1 is 1.10 bits per heavy atom. The van der Waals surface area contributed by atoms with E-state index in [2.05, 4.69) is 0 Å². The van der Waals surface area contributed by atoms with Crippen LogP contribution in [0.1, 0.15) is 10.4 Å². The van der Waals surface area contributed by atoms with E-state index < -0.39 is 11.3 Å². The molecule has 3 nitrogen and oxygen atoms in total. The minimum atomic E-state index is -1.59. The van der Waals surface area contributed by atoms with Gasteiger partial charge in [-0.1, -0.05) is 23.7 Å². The minimum Gasteiger partial charge on any atom is -0.371 e. The highest BCUT2D eigenvalue weighted by Gasteiger charge is 2.15. The monoisotopic (exact) mass is 304 g/mol. The molecule has 0 fully saturated rings. The van der Waals surface area contributed by atoms with Crippen LogP contribution in [0, 0.1) is 0 Å². The Kier molecular flexibility index (Phi) is 3.30. The number of ketones is 1. The highest BCUT2D eigenvalue weighted by Crippen LogP contribution is 2.25. The molecule has 0 spiro atoms. The molecular formula is C15H9ClO3S. The number of alkyl halides is 1. The molecule has 1 N–H and O–H groups in total. The average molecular weight is 305 g/mol. The van der Waals surface area contributed by atoms with Gasteiger partial charge in [0, 0.05) is 25.7 Å². The zero-order valence-electron chi connectivity index (χ0n) is 10.2. The fraction of sp³-hybridized carbons (Fsp3) is 0.0667. The van der Waals surface area contributed by atoms with Crippen molar-refractivity contribution in [3.8, 4) is 0 Å². The molecule has 20 heavy (non-hydrogen) atoms. The Morgan fingerprint density at radius 3 is 2.55 bits per heavy atom. The molecule has 100 valence electrons. The van der Waals surface area contributed by atoms with E-state index in [0.717, 1.165) is 9.40 Å². The summed E-state index contributed by atoms with van der Waals surface area (Å²) in [5.41, 5.74) is -1.47. The predicted molar refractivity (Wildman–Crippen MR) is 81.8 cm³/mol. The molecule has 1 unspecified atom stereocenters. The standard InChI is InChI=1S/C15H9ClO3S/c16-15(19)13(17)8-5-6-12-10(7-8)14(18)9-3-1-2-4-11(9)20-12/h1-7,15,19H. The summed E-state index contributed by atoms with van der Waals surface area (Å²) in [6, 6.07) is 12.1. The van der Waals surface area contributed by atoms with E-state index in [9.17, 15) is 9.59 Å². The molecule has 3 aromatic rings. The van der Waals surface area contributed by atoms with Crippen molar-refractivity contribution in [3.63, 3.8) is 0 Å². The summed E-state index contributed by atoms with van der Waals surface area (Å²) >= 11 is 6.87. The van der Waals surface area contributed by atoms with E-state index in [-0.39, 0.29) is 11.0 Å². The first-order valence-corrected chi connectivity index (χ1v) is 7.15. The van der Waals surface area contributed by atoms with Crippen LogP contribution in [0.5, 0.6) is 0 Å². The fourth-order valence-electron chi connectivity index (χ4n) is 2.09. The summed E-state index contributed by atoms with van der Waals surface area (Å²) < 4.78 is 1.70. The molecule has 3 rings (SSSR count). The molecule has 1 heterocycles. The van der Waals surface area contributed by atoms with Crippen molar-refractivity contribution in [2.24, 2.45) is 0 Å². The summed E-state index contributed by atoms with van der Waals surface area (Å²) in [7, 11) is 0. The number of rotatable bonds is 2. The van der Waals surface area contributed by atoms with Crippen LogP contribution in [0.15, 0.2) is 47.3 Å². The van der Waals surface area contributed by atoms with Crippen LogP contribution in [-0.2, 0) is 0 Å². The zero-order chi connectivity index (χ0) is 14.3. The van der Waals surface area contributed by atoms with Gasteiger partial charge >= 0.3 is 0 Å². The third-order valence-corrected chi connectivity index (χ3v) is 4.43. The van der Waals surface area contributed by atoms with Crippen molar-refractivity contribution in [1.82, 2.24) is 0 Å². The number of Topliss-reactive ketones (excluding diaryl/α,β-unsaturated/α-hetero) is 1. The SMILES string of the molecule is O=C(c1ccc2sc3ccccc3c(=O)c2c1)C(O)Cl. The first-order valence-electron chi connectivity index (χ1n) is 5.90.